The van der Waals surface area contributed by atoms with E-state index < -0.39 is 0 Å². The van der Waals surface area contributed by atoms with E-state index in [4.69, 9.17) is 9.47 Å². The van der Waals surface area contributed by atoms with Gasteiger partial charge in [0.1, 0.15) is 0 Å². The predicted octanol–water partition coefficient (Wildman–Crippen LogP) is 1.67. The molecular formula is C11H18O4. The van der Waals surface area contributed by atoms with E-state index in [1.165, 1.54) is 0 Å². The Labute approximate surface area is 89.9 Å². The third kappa shape index (κ3) is 4.32. The van der Waals surface area contributed by atoms with Crippen LogP contribution in [-0.4, -0.2) is 25.2 Å². The van der Waals surface area contributed by atoms with Crippen LogP contribution >= 0.6 is 0 Å². The molecule has 0 amide bonds. The molecule has 1 rings (SSSR count). The maximum Gasteiger partial charge on any atom is 0.308 e. The minimum Gasteiger partial charge on any atom is -0.466 e. The fourth-order valence-electron chi connectivity index (χ4n) is 1.69. The lowest BCUT2D eigenvalue weighted by molar-refractivity contribution is -0.148. The average Bonchev–Trinajstić information content (AvgIpc) is 2.41. The van der Waals surface area contributed by atoms with E-state index in [2.05, 4.69) is 0 Å². The summed E-state index contributed by atoms with van der Waals surface area (Å²) in [6.45, 7) is 2.69. The maximum atomic E-state index is 11.4. The molecule has 0 bridgehead atoms. The number of hydrogen-bond acceptors (Lipinski definition) is 4. The smallest absolute Gasteiger partial charge is 0.308 e. The zero-order chi connectivity index (χ0) is 11.1. The van der Waals surface area contributed by atoms with Gasteiger partial charge >= 0.3 is 11.9 Å². The Morgan fingerprint density at radius 2 is 2.33 bits per heavy atom. The molecule has 0 N–H and O–H groups in total. The fourth-order valence-corrected chi connectivity index (χ4v) is 1.69. The third-order valence-electron chi connectivity index (χ3n) is 2.53. The number of rotatable bonds is 4. The first-order chi connectivity index (χ1) is 7.24. The highest BCUT2D eigenvalue weighted by Crippen LogP contribution is 2.20. The molecule has 1 fully saturated rings. The van der Waals surface area contributed by atoms with Gasteiger partial charge in [-0.15, -0.1) is 0 Å². The Morgan fingerprint density at radius 1 is 1.53 bits per heavy atom. The number of carbonyl (C=O) groups is 2. The Hall–Kier alpha value is -1.06. The number of ether oxygens (including phenoxy) is 2. The summed E-state index contributed by atoms with van der Waals surface area (Å²) in [6, 6.07) is 0. The van der Waals surface area contributed by atoms with Gasteiger partial charge in [-0.3, -0.25) is 9.59 Å². The fraction of sp³-hybridized carbons (Fsp3) is 0.818. The van der Waals surface area contributed by atoms with Gasteiger partial charge in [-0.05, 0) is 32.6 Å². The molecule has 0 aromatic carbocycles. The van der Waals surface area contributed by atoms with Gasteiger partial charge in [0.05, 0.1) is 19.1 Å². The minimum atomic E-state index is -0.227. The van der Waals surface area contributed by atoms with Crippen LogP contribution in [0, 0.1) is 5.92 Å². The van der Waals surface area contributed by atoms with Crippen LogP contribution in [0.25, 0.3) is 0 Å². The van der Waals surface area contributed by atoms with Gasteiger partial charge < -0.3 is 9.47 Å². The Balaban J connectivity index is 2.29. The highest BCUT2D eigenvalue weighted by Gasteiger charge is 2.23. The summed E-state index contributed by atoms with van der Waals surface area (Å²) in [5.41, 5.74) is 0. The third-order valence-corrected chi connectivity index (χ3v) is 2.53. The lowest BCUT2D eigenvalue weighted by atomic mass is 9.98. The Morgan fingerprint density at radius 3 is 3.07 bits per heavy atom. The maximum absolute atomic E-state index is 11.4. The summed E-state index contributed by atoms with van der Waals surface area (Å²) in [7, 11) is 0. The van der Waals surface area contributed by atoms with Crippen molar-refractivity contribution < 1.29 is 19.1 Å². The Kier molecular flexibility index (Phi) is 5.15. The molecule has 0 radical (unpaired) electrons. The van der Waals surface area contributed by atoms with E-state index in [9.17, 15) is 9.59 Å². The van der Waals surface area contributed by atoms with Crippen LogP contribution in [0.3, 0.4) is 0 Å². The molecule has 4 heteroatoms. The summed E-state index contributed by atoms with van der Waals surface area (Å²) >= 11 is 0. The van der Waals surface area contributed by atoms with E-state index in [1.807, 2.05) is 0 Å². The summed E-state index contributed by atoms with van der Waals surface area (Å²) < 4.78 is 9.83. The predicted molar refractivity (Wildman–Crippen MR) is 54.2 cm³/mol. The summed E-state index contributed by atoms with van der Waals surface area (Å²) in [5, 5.41) is 0. The number of cyclic esters (lactones) is 1. The van der Waals surface area contributed by atoms with Crippen molar-refractivity contribution in [2.24, 2.45) is 5.92 Å². The van der Waals surface area contributed by atoms with Gasteiger partial charge in [0, 0.05) is 6.42 Å². The lowest BCUT2D eigenvalue weighted by Gasteiger charge is -2.10. The molecule has 1 heterocycles. The van der Waals surface area contributed by atoms with E-state index in [0.29, 0.717) is 26.1 Å². The van der Waals surface area contributed by atoms with Crippen molar-refractivity contribution in [3.63, 3.8) is 0 Å². The zero-order valence-corrected chi connectivity index (χ0v) is 9.16. The van der Waals surface area contributed by atoms with Crippen molar-refractivity contribution >= 4 is 11.9 Å². The van der Waals surface area contributed by atoms with E-state index in [1.54, 1.807) is 6.92 Å². The number of carbonyl (C=O) groups excluding carboxylic acids is 2. The average molecular weight is 214 g/mol. The van der Waals surface area contributed by atoms with Gasteiger partial charge in [-0.2, -0.15) is 0 Å². The van der Waals surface area contributed by atoms with Gasteiger partial charge in [0.25, 0.3) is 0 Å². The molecule has 1 aliphatic rings. The van der Waals surface area contributed by atoms with Crippen molar-refractivity contribution in [3.05, 3.63) is 0 Å². The second-order valence-corrected chi connectivity index (χ2v) is 3.70. The van der Waals surface area contributed by atoms with Crippen LogP contribution in [0.1, 0.15) is 39.0 Å². The summed E-state index contributed by atoms with van der Waals surface area (Å²) in [4.78, 5) is 22.5. The topological polar surface area (TPSA) is 52.6 Å². The van der Waals surface area contributed by atoms with Gasteiger partial charge in [0.2, 0.25) is 0 Å². The monoisotopic (exact) mass is 214 g/mol. The Bertz CT molecular complexity index is 225. The van der Waals surface area contributed by atoms with Crippen molar-refractivity contribution in [2.75, 3.05) is 13.2 Å². The van der Waals surface area contributed by atoms with E-state index >= 15 is 0 Å². The quantitative estimate of drug-likeness (QED) is 0.668. The normalized spacial score (nSPS) is 21.7. The van der Waals surface area contributed by atoms with Crippen LogP contribution < -0.4 is 0 Å². The van der Waals surface area contributed by atoms with Crippen molar-refractivity contribution in [2.45, 2.75) is 39.0 Å². The first kappa shape index (κ1) is 12.0. The summed E-state index contributed by atoms with van der Waals surface area (Å²) in [6.07, 6.45) is 3.63. The van der Waals surface area contributed by atoms with Crippen LogP contribution in [0.4, 0.5) is 0 Å². The molecule has 0 aromatic heterocycles. The molecule has 1 saturated heterocycles. The first-order valence-electron chi connectivity index (χ1n) is 5.56. The molecule has 15 heavy (non-hydrogen) atoms. The lowest BCUT2D eigenvalue weighted by Crippen LogP contribution is -2.17. The SMILES string of the molecule is CCOC(=O)CCC1CCCCOC1=O. The standard InChI is InChI=1S/C11H18O4/c1-2-14-10(12)7-6-9-5-3-4-8-15-11(9)13/h9H,2-8H2,1H3. The van der Waals surface area contributed by atoms with Crippen molar-refractivity contribution in [1.82, 2.24) is 0 Å². The zero-order valence-electron chi connectivity index (χ0n) is 9.16. The van der Waals surface area contributed by atoms with E-state index in [0.717, 1.165) is 19.3 Å². The minimum absolute atomic E-state index is 0.114. The summed E-state index contributed by atoms with van der Waals surface area (Å²) in [5.74, 6) is -0.497. The molecule has 0 aromatic rings. The van der Waals surface area contributed by atoms with Gasteiger partial charge in [-0.25, -0.2) is 0 Å². The van der Waals surface area contributed by atoms with Crippen LogP contribution in [0.15, 0.2) is 0 Å². The van der Waals surface area contributed by atoms with Crippen LogP contribution in [0.2, 0.25) is 0 Å². The number of hydrogen-bond donors (Lipinski definition) is 0. The molecule has 0 spiro atoms. The molecule has 1 aliphatic heterocycles. The second-order valence-electron chi connectivity index (χ2n) is 3.70. The van der Waals surface area contributed by atoms with Crippen molar-refractivity contribution in [1.29, 1.82) is 0 Å². The van der Waals surface area contributed by atoms with Gasteiger partial charge in [-0.1, -0.05) is 0 Å². The first-order valence-corrected chi connectivity index (χ1v) is 5.56. The van der Waals surface area contributed by atoms with E-state index in [-0.39, 0.29) is 17.9 Å². The van der Waals surface area contributed by atoms with Crippen LogP contribution in [-0.2, 0) is 19.1 Å². The molecule has 0 aliphatic carbocycles. The second kappa shape index (κ2) is 6.43. The molecule has 86 valence electrons. The molecule has 0 saturated carbocycles. The molecule has 1 atom stereocenters. The largest absolute Gasteiger partial charge is 0.466 e. The van der Waals surface area contributed by atoms with Crippen molar-refractivity contribution in [3.8, 4) is 0 Å². The van der Waals surface area contributed by atoms with Crippen LogP contribution in [0.5, 0.6) is 0 Å². The molecule has 1 unspecified atom stereocenters. The molecular weight excluding hydrogens is 196 g/mol. The molecule has 4 nitrogen and oxygen atoms in total. The highest BCUT2D eigenvalue weighted by molar-refractivity contribution is 5.74. The number of esters is 2. The van der Waals surface area contributed by atoms with Gasteiger partial charge in [0.15, 0.2) is 0 Å². The highest BCUT2D eigenvalue weighted by atomic mass is 16.5.